The maximum atomic E-state index is 12.9. The molecule has 0 aromatic carbocycles. The second-order valence-electron chi connectivity index (χ2n) is 9.80. The molecule has 2 heterocycles. The Kier molecular flexibility index (Phi) is 7.43. The fourth-order valence-corrected chi connectivity index (χ4v) is 4.96. The second kappa shape index (κ2) is 9.73. The number of rotatable bonds is 6. The lowest BCUT2D eigenvalue weighted by atomic mass is 9.58. The van der Waals surface area contributed by atoms with Gasteiger partial charge in [-0.05, 0) is 63.2 Å². The molecule has 32 heavy (non-hydrogen) atoms. The van der Waals surface area contributed by atoms with E-state index in [1.54, 1.807) is 30.5 Å². The number of aromatic nitrogens is 3. The quantitative estimate of drug-likeness (QED) is 0.639. The van der Waals surface area contributed by atoms with Gasteiger partial charge in [0, 0.05) is 32.0 Å². The van der Waals surface area contributed by atoms with E-state index in [1.807, 2.05) is 12.1 Å². The molecule has 1 N–H and O–H groups in total. The molecule has 0 saturated heterocycles. The Hall–Kier alpha value is -2.22. The fourth-order valence-electron chi connectivity index (χ4n) is 4.54. The van der Waals surface area contributed by atoms with Crippen LogP contribution in [-0.2, 0) is 17.9 Å². The first-order valence-corrected chi connectivity index (χ1v) is 12.0. The van der Waals surface area contributed by atoms with E-state index in [2.05, 4.69) is 65.9 Å². The number of carbonyl (C=O) groups excluding carboxylic acids is 1. The number of likely N-dealkylation sites (N-methyl/N-ethyl adjacent to an activating group) is 1. The number of amides is 1. The molecule has 1 aliphatic carbocycles. The molecule has 4 atom stereocenters. The molecule has 1 saturated carbocycles. The lowest BCUT2D eigenvalue weighted by Gasteiger charge is -2.50. The Morgan fingerprint density at radius 2 is 1.94 bits per heavy atom. The third kappa shape index (κ3) is 5.05. The molecule has 3 rings (SSSR count). The highest BCUT2D eigenvalue weighted by molar-refractivity contribution is 9.10. The SMILES string of the molecule is C[C@@H]1[C@@H](C)C(C)(C)[C@@H](C)C[C@H]1Nc1cnn(CC(=O)N(C)Cc2ccncc2)c(=O)c1Br. The topological polar surface area (TPSA) is 80.1 Å². The van der Waals surface area contributed by atoms with Crippen LogP contribution in [0.5, 0.6) is 0 Å². The minimum atomic E-state index is -0.314. The normalized spacial score (nSPS) is 24.7. The first-order valence-electron chi connectivity index (χ1n) is 11.2. The van der Waals surface area contributed by atoms with E-state index in [0.29, 0.717) is 34.5 Å². The van der Waals surface area contributed by atoms with Crippen molar-refractivity contribution < 1.29 is 4.79 Å². The van der Waals surface area contributed by atoms with Crippen molar-refractivity contribution >= 4 is 27.5 Å². The van der Waals surface area contributed by atoms with Crippen molar-refractivity contribution in [1.82, 2.24) is 19.7 Å². The summed E-state index contributed by atoms with van der Waals surface area (Å²) in [4.78, 5) is 31.1. The lowest BCUT2D eigenvalue weighted by Crippen LogP contribution is -2.48. The zero-order valence-corrected chi connectivity index (χ0v) is 21.4. The molecule has 0 radical (unpaired) electrons. The smallest absolute Gasteiger partial charge is 0.283 e. The van der Waals surface area contributed by atoms with Gasteiger partial charge in [0.05, 0.1) is 11.9 Å². The van der Waals surface area contributed by atoms with Gasteiger partial charge in [-0.2, -0.15) is 5.10 Å². The number of carbonyl (C=O) groups is 1. The highest BCUT2D eigenvalue weighted by Gasteiger charge is 2.43. The Balaban J connectivity index is 1.70. The molecule has 7 nitrogen and oxygen atoms in total. The lowest BCUT2D eigenvalue weighted by molar-refractivity contribution is -0.131. The maximum Gasteiger partial charge on any atom is 0.283 e. The van der Waals surface area contributed by atoms with Crippen LogP contribution in [0.4, 0.5) is 5.69 Å². The standard InChI is InChI=1S/C24H34BrN5O2/c1-15-11-19(16(2)17(3)24(15,4)5)28-20-12-27-30(23(32)22(20)25)14-21(31)29(6)13-18-7-9-26-10-8-18/h7-10,12,15-17,19,28H,11,13-14H2,1-6H3/t15-,16+,17+,19+/m0/s1. The Morgan fingerprint density at radius 1 is 1.28 bits per heavy atom. The van der Waals surface area contributed by atoms with Gasteiger partial charge in [-0.1, -0.05) is 34.6 Å². The summed E-state index contributed by atoms with van der Waals surface area (Å²) < 4.78 is 1.62. The van der Waals surface area contributed by atoms with Crippen LogP contribution in [0.25, 0.3) is 0 Å². The molecule has 174 valence electrons. The summed E-state index contributed by atoms with van der Waals surface area (Å²) in [5, 5.41) is 7.83. The van der Waals surface area contributed by atoms with Gasteiger partial charge in [0.15, 0.2) is 0 Å². The molecular weight excluding hydrogens is 470 g/mol. The van der Waals surface area contributed by atoms with Crippen LogP contribution in [-0.4, -0.2) is 38.7 Å². The average Bonchev–Trinajstić information content (AvgIpc) is 2.76. The van der Waals surface area contributed by atoms with Crippen molar-refractivity contribution in [3.63, 3.8) is 0 Å². The first-order chi connectivity index (χ1) is 15.0. The number of hydrogen-bond donors (Lipinski definition) is 1. The van der Waals surface area contributed by atoms with Crippen molar-refractivity contribution in [2.45, 2.75) is 60.2 Å². The summed E-state index contributed by atoms with van der Waals surface area (Å²) in [5.41, 5.74) is 1.62. The van der Waals surface area contributed by atoms with Crippen LogP contribution in [0, 0.1) is 23.2 Å². The largest absolute Gasteiger partial charge is 0.380 e. The van der Waals surface area contributed by atoms with Crippen molar-refractivity contribution in [1.29, 1.82) is 0 Å². The highest BCUT2D eigenvalue weighted by atomic mass is 79.9. The second-order valence-corrected chi connectivity index (χ2v) is 10.6. The van der Waals surface area contributed by atoms with Crippen molar-refractivity contribution in [3.05, 3.63) is 51.1 Å². The number of nitrogens with zero attached hydrogens (tertiary/aromatic N) is 4. The number of pyridine rings is 1. The molecule has 8 heteroatoms. The van der Waals surface area contributed by atoms with Gasteiger partial charge >= 0.3 is 0 Å². The summed E-state index contributed by atoms with van der Waals surface area (Å²) >= 11 is 3.44. The van der Waals surface area contributed by atoms with Crippen molar-refractivity contribution in [2.24, 2.45) is 23.2 Å². The Labute approximate surface area is 198 Å². The molecule has 0 bridgehead atoms. The molecule has 0 unspecified atom stereocenters. The third-order valence-corrected chi connectivity index (χ3v) is 8.45. The van der Waals surface area contributed by atoms with Gasteiger partial charge in [-0.15, -0.1) is 0 Å². The molecule has 0 spiro atoms. The van der Waals surface area contributed by atoms with E-state index < -0.39 is 0 Å². The minimum Gasteiger partial charge on any atom is -0.380 e. The average molecular weight is 504 g/mol. The number of halogens is 1. The van der Waals surface area contributed by atoms with Crippen LogP contribution in [0.15, 0.2) is 40.0 Å². The Bertz CT molecular complexity index is 1010. The van der Waals surface area contributed by atoms with Gasteiger partial charge in [-0.3, -0.25) is 14.6 Å². The van der Waals surface area contributed by atoms with Crippen LogP contribution >= 0.6 is 15.9 Å². The predicted octanol–water partition coefficient (Wildman–Crippen LogP) is 4.18. The van der Waals surface area contributed by atoms with Gasteiger partial charge in [0.25, 0.3) is 5.56 Å². The molecule has 2 aromatic heterocycles. The van der Waals surface area contributed by atoms with E-state index >= 15 is 0 Å². The summed E-state index contributed by atoms with van der Waals surface area (Å²) in [6, 6.07) is 3.98. The monoisotopic (exact) mass is 503 g/mol. The molecule has 1 amide bonds. The van der Waals surface area contributed by atoms with Crippen molar-refractivity contribution in [3.8, 4) is 0 Å². The Morgan fingerprint density at radius 3 is 2.59 bits per heavy atom. The highest BCUT2D eigenvalue weighted by Crippen LogP contribution is 2.48. The van der Waals surface area contributed by atoms with E-state index in [9.17, 15) is 9.59 Å². The number of nitrogens with one attached hydrogen (secondary N) is 1. The fraction of sp³-hybridized carbons (Fsp3) is 0.583. The van der Waals surface area contributed by atoms with Gasteiger partial charge in [0.2, 0.25) is 5.91 Å². The summed E-state index contributed by atoms with van der Waals surface area (Å²) in [6.45, 7) is 11.9. The van der Waals surface area contributed by atoms with Crippen molar-refractivity contribution in [2.75, 3.05) is 12.4 Å². The number of hydrogen-bond acceptors (Lipinski definition) is 5. The summed E-state index contributed by atoms with van der Waals surface area (Å²) in [7, 11) is 1.72. The van der Waals surface area contributed by atoms with Gasteiger partial charge in [-0.25, -0.2) is 4.68 Å². The molecule has 1 fully saturated rings. The third-order valence-electron chi connectivity index (χ3n) is 7.68. The van der Waals surface area contributed by atoms with E-state index in [-0.39, 0.29) is 29.5 Å². The molecular formula is C24H34BrN5O2. The zero-order chi connectivity index (χ0) is 23.6. The summed E-state index contributed by atoms with van der Waals surface area (Å²) in [6.07, 6.45) is 6.06. The van der Waals surface area contributed by atoms with Crippen LogP contribution in [0.3, 0.4) is 0 Å². The van der Waals surface area contributed by atoms with E-state index in [0.717, 1.165) is 12.0 Å². The maximum absolute atomic E-state index is 12.9. The molecule has 2 aromatic rings. The van der Waals surface area contributed by atoms with Crippen LogP contribution in [0.1, 0.15) is 46.6 Å². The van der Waals surface area contributed by atoms with Gasteiger partial charge < -0.3 is 10.2 Å². The predicted molar refractivity (Wildman–Crippen MR) is 130 cm³/mol. The zero-order valence-electron chi connectivity index (χ0n) is 19.8. The van der Waals surface area contributed by atoms with E-state index in [1.165, 1.54) is 4.68 Å². The number of anilines is 1. The van der Waals surface area contributed by atoms with E-state index in [4.69, 9.17) is 0 Å². The molecule has 1 aliphatic rings. The van der Waals surface area contributed by atoms with Crippen LogP contribution < -0.4 is 10.9 Å². The summed E-state index contributed by atoms with van der Waals surface area (Å²) in [5.74, 6) is 1.38. The van der Waals surface area contributed by atoms with Gasteiger partial charge in [0.1, 0.15) is 11.0 Å². The van der Waals surface area contributed by atoms with Crippen LogP contribution in [0.2, 0.25) is 0 Å². The first kappa shape index (κ1) is 24.4. The molecule has 0 aliphatic heterocycles. The minimum absolute atomic E-state index is 0.110.